The normalized spacial score (nSPS) is 8.38. The zero-order valence-corrected chi connectivity index (χ0v) is 6.63. The van der Waals surface area contributed by atoms with E-state index in [2.05, 4.69) is 0 Å². The summed E-state index contributed by atoms with van der Waals surface area (Å²) in [6, 6.07) is 4.99. The van der Waals surface area contributed by atoms with Crippen molar-refractivity contribution in [3.8, 4) is 0 Å². The molecule has 0 saturated heterocycles. The molecule has 0 amide bonds. The van der Waals surface area contributed by atoms with Gasteiger partial charge < -0.3 is 20.1 Å². The molecule has 13 heavy (non-hydrogen) atoms. The molecule has 0 aliphatic carbocycles. The van der Waals surface area contributed by atoms with Gasteiger partial charge in [0.2, 0.25) is 0 Å². The summed E-state index contributed by atoms with van der Waals surface area (Å²) in [5, 5.41) is 31.1. The van der Waals surface area contributed by atoms with Gasteiger partial charge in [0.25, 0.3) is 0 Å². The molecular formula is C6H8B2FO4. The average Bonchev–Trinajstić information content (AvgIpc) is 2.06. The van der Waals surface area contributed by atoms with Gasteiger partial charge in [0.05, 0.1) is 0 Å². The van der Waals surface area contributed by atoms with E-state index in [9.17, 15) is 4.39 Å². The molecule has 69 valence electrons. The summed E-state index contributed by atoms with van der Waals surface area (Å²) in [6.45, 7) is 0. The van der Waals surface area contributed by atoms with Crippen LogP contribution in [0.2, 0.25) is 0 Å². The Hall–Kier alpha value is -0.880. The van der Waals surface area contributed by atoms with Crippen LogP contribution in [0, 0.1) is 5.82 Å². The molecule has 0 heterocycles. The topological polar surface area (TPSA) is 80.9 Å². The van der Waals surface area contributed by atoms with Crippen molar-refractivity contribution >= 4 is 20.3 Å². The molecule has 0 bridgehead atoms. The summed E-state index contributed by atoms with van der Waals surface area (Å²) in [4.78, 5) is 0. The third-order valence-corrected chi connectivity index (χ3v) is 1.17. The van der Waals surface area contributed by atoms with Gasteiger partial charge in [0.15, 0.2) is 0 Å². The maximum Gasteiger partial charge on any atom is 0.488 e. The van der Waals surface area contributed by atoms with E-state index >= 15 is 0 Å². The molecule has 1 radical (unpaired) electrons. The Morgan fingerprint density at radius 2 is 1.46 bits per heavy atom. The summed E-state index contributed by atoms with van der Waals surface area (Å²) >= 11 is 0. The third kappa shape index (κ3) is 5.37. The molecule has 1 rings (SSSR count). The van der Waals surface area contributed by atoms with E-state index in [0.29, 0.717) is 5.46 Å². The standard InChI is InChI=1S/C6H6BFO2.BH2O2/c8-6-3-1-5(2-4-6)7(9)10;2-1-3/h1-4,9-10H;2-3H. The number of hydrogen-bond acceptors (Lipinski definition) is 4. The molecule has 0 unspecified atom stereocenters. The van der Waals surface area contributed by atoms with Crippen LogP contribution in [0.3, 0.4) is 0 Å². The number of rotatable bonds is 1. The Bertz CT molecular complexity index is 229. The van der Waals surface area contributed by atoms with Crippen LogP contribution < -0.4 is 5.46 Å². The fraction of sp³-hybridized carbons (Fsp3) is 0. The van der Waals surface area contributed by atoms with E-state index in [1.807, 2.05) is 0 Å². The van der Waals surface area contributed by atoms with Gasteiger partial charge in [0.1, 0.15) is 5.82 Å². The lowest BCUT2D eigenvalue weighted by Crippen LogP contribution is -2.29. The molecule has 0 spiro atoms. The molecule has 0 aliphatic rings. The van der Waals surface area contributed by atoms with Crippen molar-refractivity contribution in [1.29, 1.82) is 0 Å². The molecule has 0 saturated carbocycles. The fourth-order valence-corrected chi connectivity index (χ4v) is 0.635. The first-order valence-electron chi connectivity index (χ1n) is 3.33. The van der Waals surface area contributed by atoms with Crippen molar-refractivity contribution < 1.29 is 24.5 Å². The predicted molar refractivity (Wildman–Crippen MR) is 46.4 cm³/mol. The van der Waals surface area contributed by atoms with Crippen molar-refractivity contribution in [3.63, 3.8) is 0 Å². The molecule has 0 atom stereocenters. The van der Waals surface area contributed by atoms with Gasteiger partial charge in [-0.25, -0.2) is 4.39 Å². The van der Waals surface area contributed by atoms with E-state index in [-0.39, 0.29) is 13.5 Å². The Kier molecular flexibility index (Phi) is 6.17. The maximum atomic E-state index is 12.2. The van der Waals surface area contributed by atoms with Gasteiger partial charge in [-0.3, -0.25) is 0 Å². The van der Waals surface area contributed by atoms with Crippen LogP contribution in [0.1, 0.15) is 0 Å². The summed E-state index contributed by atoms with van der Waals surface area (Å²) in [5.74, 6) is -0.385. The lowest BCUT2D eigenvalue weighted by molar-refractivity contribution is 0.425. The Balaban J connectivity index is 0.000000424. The average molecular weight is 185 g/mol. The third-order valence-electron chi connectivity index (χ3n) is 1.17. The smallest absolute Gasteiger partial charge is 0.429 e. The Morgan fingerprint density at radius 3 is 1.77 bits per heavy atom. The molecule has 4 nitrogen and oxygen atoms in total. The van der Waals surface area contributed by atoms with E-state index in [1.54, 1.807) is 0 Å². The monoisotopic (exact) mass is 185 g/mol. The Morgan fingerprint density at radius 1 is 1.08 bits per heavy atom. The first-order chi connectivity index (χ1) is 6.11. The first kappa shape index (κ1) is 12.1. The van der Waals surface area contributed by atoms with Gasteiger partial charge in [-0.15, -0.1) is 0 Å². The SMILES string of the molecule is OB(O)c1ccc(F)cc1.O[B]O. The van der Waals surface area contributed by atoms with Crippen molar-refractivity contribution in [2.24, 2.45) is 0 Å². The summed E-state index contributed by atoms with van der Waals surface area (Å²) in [5.41, 5.74) is 0.293. The van der Waals surface area contributed by atoms with Crippen LogP contribution in [-0.2, 0) is 0 Å². The first-order valence-corrected chi connectivity index (χ1v) is 3.33. The number of benzene rings is 1. The molecular weight excluding hydrogens is 177 g/mol. The predicted octanol–water partition coefficient (Wildman–Crippen LogP) is -1.99. The van der Waals surface area contributed by atoms with Gasteiger partial charge in [0, 0.05) is 0 Å². The zero-order chi connectivity index (χ0) is 10.3. The lowest BCUT2D eigenvalue weighted by atomic mass is 9.80. The van der Waals surface area contributed by atoms with Gasteiger partial charge >= 0.3 is 14.8 Å². The van der Waals surface area contributed by atoms with Gasteiger partial charge in [-0.05, 0) is 17.6 Å². The number of halogens is 1. The molecule has 1 aromatic carbocycles. The minimum atomic E-state index is -1.51. The fourth-order valence-electron chi connectivity index (χ4n) is 0.635. The van der Waals surface area contributed by atoms with Gasteiger partial charge in [-0.2, -0.15) is 0 Å². The molecule has 0 fully saturated rings. The van der Waals surface area contributed by atoms with Crippen molar-refractivity contribution in [2.45, 2.75) is 0 Å². The second kappa shape index (κ2) is 6.62. The Labute approximate surface area is 75.7 Å². The highest BCUT2D eigenvalue weighted by molar-refractivity contribution is 6.58. The van der Waals surface area contributed by atoms with Gasteiger partial charge in [-0.1, -0.05) is 12.1 Å². The molecule has 4 N–H and O–H groups in total. The maximum absolute atomic E-state index is 12.2. The minimum Gasteiger partial charge on any atom is -0.429 e. The second-order valence-electron chi connectivity index (χ2n) is 2.04. The van der Waals surface area contributed by atoms with Crippen molar-refractivity contribution in [2.75, 3.05) is 0 Å². The van der Waals surface area contributed by atoms with Crippen molar-refractivity contribution in [1.82, 2.24) is 0 Å². The summed E-state index contributed by atoms with van der Waals surface area (Å²) in [6.07, 6.45) is 0. The summed E-state index contributed by atoms with van der Waals surface area (Å²) in [7, 11) is -1.51. The van der Waals surface area contributed by atoms with Crippen molar-refractivity contribution in [3.05, 3.63) is 30.1 Å². The molecule has 7 heteroatoms. The molecule has 0 aromatic heterocycles. The van der Waals surface area contributed by atoms with Crippen LogP contribution in [-0.4, -0.2) is 34.9 Å². The quantitative estimate of drug-likeness (QED) is 0.381. The lowest BCUT2D eigenvalue weighted by Gasteiger charge is -1.95. The second-order valence-corrected chi connectivity index (χ2v) is 2.04. The van der Waals surface area contributed by atoms with Crippen LogP contribution in [0.25, 0.3) is 0 Å². The molecule has 0 aliphatic heterocycles. The number of hydrogen-bond donors (Lipinski definition) is 4. The van der Waals surface area contributed by atoms with E-state index in [4.69, 9.17) is 20.1 Å². The molecule has 1 aromatic rings. The zero-order valence-electron chi connectivity index (χ0n) is 6.63. The highest BCUT2D eigenvalue weighted by Crippen LogP contribution is 1.92. The largest absolute Gasteiger partial charge is 0.488 e. The van der Waals surface area contributed by atoms with Crippen LogP contribution >= 0.6 is 0 Å². The minimum absolute atomic E-state index is 0. The van der Waals surface area contributed by atoms with E-state index < -0.39 is 7.12 Å². The summed E-state index contributed by atoms with van der Waals surface area (Å²) < 4.78 is 12.2. The van der Waals surface area contributed by atoms with E-state index in [1.165, 1.54) is 24.3 Å². The highest BCUT2D eigenvalue weighted by atomic mass is 19.1. The van der Waals surface area contributed by atoms with Crippen LogP contribution in [0.4, 0.5) is 4.39 Å². The van der Waals surface area contributed by atoms with Crippen LogP contribution in [0.5, 0.6) is 0 Å². The highest BCUT2D eigenvalue weighted by Gasteiger charge is 2.08. The van der Waals surface area contributed by atoms with Crippen LogP contribution in [0.15, 0.2) is 24.3 Å². The van der Waals surface area contributed by atoms with E-state index in [0.717, 1.165) is 0 Å².